The quantitative estimate of drug-likeness (QED) is 0.799. The van der Waals surface area contributed by atoms with Crippen LogP contribution < -0.4 is 10.6 Å². The Hall–Kier alpha value is -1.32. The van der Waals surface area contributed by atoms with Crippen LogP contribution in [0.25, 0.3) is 0 Å². The summed E-state index contributed by atoms with van der Waals surface area (Å²) in [4.78, 5) is 9.18. The summed E-state index contributed by atoms with van der Waals surface area (Å²) in [6.07, 6.45) is 6.66. The van der Waals surface area contributed by atoms with Gasteiger partial charge in [-0.3, -0.25) is 0 Å². The largest absolute Gasteiger partial charge is 0.370 e. The van der Waals surface area contributed by atoms with Crippen LogP contribution in [-0.4, -0.2) is 22.6 Å². The topological polar surface area (TPSA) is 49.8 Å². The molecule has 2 N–H and O–H groups in total. The van der Waals surface area contributed by atoms with Crippen molar-refractivity contribution in [2.75, 3.05) is 17.2 Å². The van der Waals surface area contributed by atoms with Gasteiger partial charge in [0.2, 0.25) is 0 Å². The molecule has 3 rings (SSSR count). The smallest absolute Gasteiger partial charge is 0.134 e. The maximum Gasteiger partial charge on any atom is 0.134 e. The van der Waals surface area contributed by atoms with Crippen molar-refractivity contribution in [3.05, 3.63) is 11.4 Å². The van der Waals surface area contributed by atoms with Crippen LogP contribution in [-0.2, 0) is 0 Å². The Morgan fingerprint density at radius 1 is 1.05 bits per heavy atom. The average Bonchev–Trinajstić information content (AvgIpc) is 3.28. The Morgan fingerprint density at radius 2 is 1.65 bits per heavy atom. The van der Waals surface area contributed by atoms with Crippen molar-refractivity contribution in [2.24, 2.45) is 11.8 Å². The van der Waals surface area contributed by atoms with E-state index in [0.717, 1.165) is 47.8 Å². The molecule has 1 heterocycles. The van der Waals surface area contributed by atoms with Crippen LogP contribution in [0.5, 0.6) is 0 Å². The van der Waals surface area contributed by atoms with E-state index >= 15 is 0 Å². The average molecular weight is 274 g/mol. The molecule has 0 atom stereocenters. The van der Waals surface area contributed by atoms with Gasteiger partial charge in [-0.1, -0.05) is 6.92 Å². The van der Waals surface area contributed by atoms with Gasteiger partial charge in [-0.25, -0.2) is 9.97 Å². The zero-order chi connectivity index (χ0) is 14.1. The molecule has 0 spiro atoms. The number of nitrogens with one attached hydrogen (secondary N) is 2. The molecule has 2 aliphatic carbocycles. The molecule has 0 aliphatic heterocycles. The fourth-order valence-electron chi connectivity index (χ4n) is 2.87. The van der Waals surface area contributed by atoms with Crippen LogP contribution >= 0.6 is 0 Å². The summed E-state index contributed by atoms with van der Waals surface area (Å²) >= 11 is 0. The van der Waals surface area contributed by atoms with Crippen molar-refractivity contribution in [3.8, 4) is 0 Å². The highest BCUT2D eigenvalue weighted by molar-refractivity contribution is 5.57. The molecule has 4 nitrogen and oxygen atoms in total. The molecule has 2 saturated carbocycles. The molecule has 0 aromatic carbocycles. The summed E-state index contributed by atoms with van der Waals surface area (Å²) in [7, 11) is 0. The van der Waals surface area contributed by atoms with Crippen LogP contribution in [0, 0.1) is 25.7 Å². The first-order chi connectivity index (χ1) is 9.69. The predicted molar refractivity (Wildman–Crippen MR) is 83.1 cm³/mol. The standard InChI is InChI=1S/C16H26N4/c1-4-9-17-15-10(2)16(19-11(3)18-15)20-14(12-5-6-12)13-7-8-13/h12-14H,4-9H2,1-3H3,(H2,17,18,19,20). The monoisotopic (exact) mass is 274 g/mol. The maximum absolute atomic E-state index is 4.64. The number of hydrogen-bond donors (Lipinski definition) is 2. The highest BCUT2D eigenvalue weighted by atomic mass is 15.1. The normalized spacial score (nSPS) is 18.4. The lowest BCUT2D eigenvalue weighted by Gasteiger charge is -2.21. The summed E-state index contributed by atoms with van der Waals surface area (Å²) in [5.74, 6) is 4.64. The van der Waals surface area contributed by atoms with Crippen LogP contribution in [0.3, 0.4) is 0 Å². The summed E-state index contributed by atoms with van der Waals surface area (Å²) in [6.45, 7) is 7.23. The van der Waals surface area contributed by atoms with E-state index in [1.54, 1.807) is 0 Å². The Balaban J connectivity index is 1.78. The first-order valence-electron chi connectivity index (χ1n) is 8.04. The first-order valence-corrected chi connectivity index (χ1v) is 8.04. The second kappa shape index (κ2) is 5.58. The molecule has 2 fully saturated rings. The number of aromatic nitrogens is 2. The van der Waals surface area contributed by atoms with E-state index in [4.69, 9.17) is 0 Å². The van der Waals surface area contributed by atoms with Gasteiger partial charge >= 0.3 is 0 Å². The molecule has 0 amide bonds. The molecule has 20 heavy (non-hydrogen) atoms. The van der Waals surface area contributed by atoms with E-state index in [-0.39, 0.29) is 0 Å². The van der Waals surface area contributed by atoms with Crippen molar-refractivity contribution >= 4 is 11.6 Å². The van der Waals surface area contributed by atoms with Crippen molar-refractivity contribution < 1.29 is 0 Å². The minimum absolute atomic E-state index is 0.641. The third-order valence-corrected chi connectivity index (χ3v) is 4.36. The summed E-state index contributed by atoms with van der Waals surface area (Å²) in [5.41, 5.74) is 1.16. The van der Waals surface area contributed by atoms with E-state index in [1.807, 2.05) is 6.92 Å². The molecule has 1 aromatic heterocycles. The molecular formula is C16H26N4. The Morgan fingerprint density at radius 3 is 2.20 bits per heavy atom. The molecule has 0 radical (unpaired) electrons. The van der Waals surface area contributed by atoms with Gasteiger partial charge in [0.15, 0.2) is 0 Å². The number of aryl methyl sites for hydroxylation is 1. The SMILES string of the molecule is CCCNc1nc(C)nc(NC(C2CC2)C2CC2)c1C. The third-order valence-electron chi connectivity index (χ3n) is 4.36. The van der Waals surface area contributed by atoms with Crippen LogP contribution in [0.15, 0.2) is 0 Å². The summed E-state index contributed by atoms with van der Waals surface area (Å²) in [5, 5.41) is 7.15. The molecule has 1 aromatic rings. The van der Waals surface area contributed by atoms with E-state index in [1.165, 1.54) is 25.7 Å². The Bertz CT molecular complexity index is 466. The number of anilines is 2. The van der Waals surface area contributed by atoms with Gasteiger partial charge in [0.05, 0.1) is 0 Å². The molecular weight excluding hydrogens is 248 g/mol. The molecule has 4 heteroatoms. The van der Waals surface area contributed by atoms with Crippen molar-refractivity contribution in [2.45, 2.75) is 58.9 Å². The first kappa shape index (κ1) is 13.7. The zero-order valence-corrected chi connectivity index (χ0v) is 12.9. The third kappa shape index (κ3) is 3.05. The summed E-state index contributed by atoms with van der Waals surface area (Å²) < 4.78 is 0. The van der Waals surface area contributed by atoms with Gasteiger partial charge < -0.3 is 10.6 Å². The minimum Gasteiger partial charge on any atom is -0.370 e. The summed E-state index contributed by atoms with van der Waals surface area (Å²) in [6, 6.07) is 0.641. The van der Waals surface area contributed by atoms with E-state index in [0.29, 0.717) is 6.04 Å². The van der Waals surface area contributed by atoms with Gasteiger partial charge in [0.25, 0.3) is 0 Å². The van der Waals surface area contributed by atoms with Gasteiger partial charge in [0.1, 0.15) is 17.5 Å². The van der Waals surface area contributed by atoms with Crippen molar-refractivity contribution in [3.63, 3.8) is 0 Å². The number of rotatable bonds is 7. The Kier molecular flexibility index (Phi) is 3.81. The maximum atomic E-state index is 4.64. The molecule has 110 valence electrons. The molecule has 2 aliphatic rings. The predicted octanol–water partition coefficient (Wildman–Crippen LogP) is 3.52. The van der Waals surface area contributed by atoms with Gasteiger partial charge in [0, 0.05) is 18.2 Å². The lowest BCUT2D eigenvalue weighted by atomic mass is 10.1. The lowest BCUT2D eigenvalue weighted by molar-refractivity contribution is 0.565. The fraction of sp³-hybridized carbons (Fsp3) is 0.750. The van der Waals surface area contributed by atoms with Crippen LogP contribution in [0.1, 0.15) is 50.4 Å². The van der Waals surface area contributed by atoms with Crippen molar-refractivity contribution in [1.29, 1.82) is 0 Å². The van der Waals surface area contributed by atoms with Gasteiger partial charge in [-0.2, -0.15) is 0 Å². The number of nitrogens with zero attached hydrogens (tertiary/aromatic N) is 2. The molecule has 0 bridgehead atoms. The fourth-order valence-corrected chi connectivity index (χ4v) is 2.87. The second-order valence-electron chi connectivity index (χ2n) is 6.36. The van der Waals surface area contributed by atoms with E-state index in [2.05, 4.69) is 34.4 Å². The second-order valence-corrected chi connectivity index (χ2v) is 6.36. The Labute approximate surface area is 121 Å². The van der Waals surface area contributed by atoms with E-state index < -0.39 is 0 Å². The highest BCUT2D eigenvalue weighted by Crippen LogP contribution is 2.46. The van der Waals surface area contributed by atoms with Gasteiger partial charge in [-0.15, -0.1) is 0 Å². The van der Waals surface area contributed by atoms with Crippen LogP contribution in [0.4, 0.5) is 11.6 Å². The van der Waals surface area contributed by atoms with Crippen LogP contribution in [0.2, 0.25) is 0 Å². The van der Waals surface area contributed by atoms with E-state index in [9.17, 15) is 0 Å². The molecule has 0 unspecified atom stereocenters. The minimum atomic E-state index is 0.641. The van der Waals surface area contributed by atoms with Gasteiger partial charge in [-0.05, 0) is 57.8 Å². The highest BCUT2D eigenvalue weighted by Gasteiger charge is 2.41. The lowest BCUT2D eigenvalue weighted by Crippen LogP contribution is -2.26. The van der Waals surface area contributed by atoms with Crippen molar-refractivity contribution in [1.82, 2.24) is 9.97 Å². The molecule has 0 saturated heterocycles. The number of hydrogen-bond acceptors (Lipinski definition) is 4. The zero-order valence-electron chi connectivity index (χ0n) is 12.9.